The van der Waals surface area contributed by atoms with Crippen molar-refractivity contribution in [3.05, 3.63) is 0 Å². The highest BCUT2D eigenvalue weighted by Gasteiger charge is 2.50. The van der Waals surface area contributed by atoms with Crippen molar-refractivity contribution in [3.8, 4) is 0 Å². The molecule has 3 atom stereocenters. The van der Waals surface area contributed by atoms with Gasteiger partial charge in [-0.3, -0.25) is 0 Å². The van der Waals surface area contributed by atoms with E-state index < -0.39 is 5.60 Å². The molecule has 3 fully saturated rings. The minimum atomic E-state index is -0.524. The van der Waals surface area contributed by atoms with E-state index in [1.807, 2.05) is 0 Å². The highest BCUT2D eigenvalue weighted by Crippen LogP contribution is 2.49. The SMILES string of the molecule is CC1CC(O)(C2CCOC3(CCC3)C2)CC(C)O1. The van der Waals surface area contributed by atoms with E-state index in [2.05, 4.69) is 13.8 Å². The average Bonchev–Trinajstić information content (AvgIpc) is 2.25. The van der Waals surface area contributed by atoms with Gasteiger partial charge in [0.2, 0.25) is 0 Å². The minimum Gasteiger partial charge on any atom is -0.389 e. The summed E-state index contributed by atoms with van der Waals surface area (Å²) in [7, 11) is 0. The molecule has 0 bridgehead atoms. The van der Waals surface area contributed by atoms with Gasteiger partial charge in [-0.15, -0.1) is 0 Å². The fraction of sp³-hybridized carbons (Fsp3) is 1.00. The van der Waals surface area contributed by atoms with E-state index in [1.165, 1.54) is 19.3 Å². The third-order valence-electron chi connectivity index (χ3n) is 5.26. The molecule has 3 heteroatoms. The maximum Gasteiger partial charge on any atom is 0.0726 e. The van der Waals surface area contributed by atoms with Gasteiger partial charge in [0.1, 0.15) is 0 Å². The zero-order valence-corrected chi connectivity index (χ0v) is 11.7. The molecule has 3 aliphatic rings. The van der Waals surface area contributed by atoms with E-state index in [9.17, 15) is 5.11 Å². The molecule has 3 rings (SSSR count). The number of aliphatic hydroxyl groups is 1. The van der Waals surface area contributed by atoms with Gasteiger partial charge in [0.05, 0.1) is 23.4 Å². The highest BCUT2D eigenvalue weighted by molar-refractivity contribution is 5.01. The molecule has 18 heavy (non-hydrogen) atoms. The average molecular weight is 254 g/mol. The predicted molar refractivity (Wildman–Crippen MR) is 69.5 cm³/mol. The Labute approximate surface area is 110 Å². The van der Waals surface area contributed by atoms with Crippen molar-refractivity contribution < 1.29 is 14.6 Å². The van der Waals surface area contributed by atoms with Crippen LogP contribution >= 0.6 is 0 Å². The van der Waals surface area contributed by atoms with Gasteiger partial charge >= 0.3 is 0 Å². The Hall–Kier alpha value is -0.120. The van der Waals surface area contributed by atoms with Crippen LogP contribution in [0.15, 0.2) is 0 Å². The molecule has 0 aromatic rings. The molecule has 0 radical (unpaired) electrons. The van der Waals surface area contributed by atoms with Gasteiger partial charge in [0.15, 0.2) is 0 Å². The van der Waals surface area contributed by atoms with Crippen LogP contribution in [0.1, 0.15) is 58.8 Å². The molecule has 1 N–H and O–H groups in total. The number of rotatable bonds is 1. The monoisotopic (exact) mass is 254 g/mol. The molecule has 2 saturated heterocycles. The second kappa shape index (κ2) is 4.46. The quantitative estimate of drug-likeness (QED) is 0.782. The van der Waals surface area contributed by atoms with Crippen molar-refractivity contribution in [2.45, 2.75) is 82.2 Å². The second-order valence-corrected chi connectivity index (χ2v) is 6.84. The molecular weight excluding hydrogens is 228 g/mol. The lowest BCUT2D eigenvalue weighted by atomic mass is 9.65. The molecular formula is C15H26O3. The lowest BCUT2D eigenvalue weighted by Gasteiger charge is -2.53. The summed E-state index contributed by atoms with van der Waals surface area (Å²) in [4.78, 5) is 0. The van der Waals surface area contributed by atoms with E-state index in [0.717, 1.165) is 32.3 Å². The number of hydrogen-bond donors (Lipinski definition) is 1. The van der Waals surface area contributed by atoms with E-state index in [-0.39, 0.29) is 17.8 Å². The molecule has 2 heterocycles. The Morgan fingerprint density at radius 2 is 1.72 bits per heavy atom. The largest absolute Gasteiger partial charge is 0.389 e. The molecule has 0 aromatic heterocycles. The fourth-order valence-corrected chi connectivity index (χ4v) is 4.31. The van der Waals surface area contributed by atoms with Crippen LogP contribution in [-0.4, -0.2) is 35.1 Å². The third kappa shape index (κ3) is 2.21. The van der Waals surface area contributed by atoms with Gasteiger partial charge in [-0.25, -0.2) is 0 Å². The van der Waals surface area contributed by atoms with Gasteiger partial charge < -0.3 is 14.6 Å². The van der Waals surface area contributed by atoms with Crippen molar-refractivity contribution in [2.75, 3.05) is 6.61 Å². The van der Waals surface area contributed by atoms with Gasteiger partial charge in [0, 0.05) is 19.4 Å². The summed E-state index contributed by atoms with van der Waals surface area (Å²) in [5.41, 5.74) is -0.396. The van der Waals surface area contributed by atoms with Crippen LogP contribution in [0.5, 0.6) is 0 Å². The van der Waals surface area contributed by atoms with Crippen molar-refractivity contribution >= 4 is 0 Å². The molecule has 1 saturated carbocycles. The maximum atomic E-state index is 11.1. The normalized spacial score (nSPS) is 47.8. The molecule has 1 aliphatic carbocycles. The molecule has 1 spiro atoms. The van der Waals surface area contributed by atoms with Crippen LogP contribution in [0, 0.1) is 5.92 Å². The first-order chi connectivity index (χ1) is 8.51. The van der Waals surface area contributed by atoms with Gasteiger partial charge in [0.25, 0.3) is 0 Å². The first-order valence-corrected chi connectivity index (χ1v) is 7.53. The Bertz CT molecular complexity index is 301. The Kier molecular flexibility index (Phi) is 3.20. The molecule has 104 valence electrons. The predicted octanol–water partition coefficient (Wildman–Crippen LogP) is 2.65. The number of hydrogen-bond acceptors (Lipinski definition) is 3. The van der Waals surface area contributed by atoms with Crippen molar-refractivity contribution in [1.82, 2.24) is 0 Å². The van der Waals surface area contributed by atoms with Crippen LogP contribution in [0.3, 0.4) is 0 Å². The van der Waals surface area contributed by atoms with Crippen LogP contribution in [0.2, 0.25) is 0 Å². The standard InChI is InChI=1S/C15H26O3/c1-11-8-15(16,9-12(2)18-11)13-4-7-17-14(10-13)5-3-6-14/h11-13,16H,3-10H2,1-2H3. The van der Waals surface area contributed by atoms with Gasteiger partial charge in [-0.05, 0) is 51.9 Å². The maximum absolute atomic E-state index is 11.1. The summed E-state index contributed by atoms with van der Waals surface area (Å²) in [6.07, 6.45) is 7.69. The zero-order valence-electron chi connectivity index (χ0n) is 11.7. The van der Waals surface area contributed by atoms with Crippen LogP contribution < -0.4 is 0 Å². The first kappa shape index (κ1) is 12.9. The molecule has 0 aromatic carbocycles. The molecule has 2 aliphatic heterocycles. The summed E-state index contributed by atoms with van der Waals surface area (Å²) >= 11 is 0. The number of ether oxygens (including phenoxy) is 2. The van der Waals surface area contributed by atoms with E-state index in [1.54, 1.807) is 0 Å². The van der Waals surface area contributed by atoms with E-state index >= 15 is 0 Å². The molecule has 3 nitrogen and oxygen atoms in total. The topological polar surface area (TPSA) is 38.7 Å². The Morgan fingerprint density at radius 3 is 2.28 bits per heavy atom. The minimum absolute atomic E-state index is 0.128. The van der Waals surface area contributed by atoms with Crippen molar-refractivity contribution in [3.63, 3.8) is 0 Å². The second-order valence-electron chi connectivity index (χ2n) is 6.84. The van der Waals surface area contributed by atoms with Crippen molar-refractivity contribution in [2.24, 2.45) is 5.92 Å². The third-order valence-corrected chi connectivity index (χ3v) is 5.26. The van der Waals surface area contributed by atoms with Gasteiger partial charge in [-0.1, -0.05) is 0 Å². The van der Waals surface area contributed by atoms with E-state index in [0.29, 0.717) is 5.92 Å². The first-order valence-electron chi connectivity index (χ1n) is 7.53. The van der Waals surface area contributed by atoms with Crippen LogP contribution in [0.4, 0.5) is 0 Å². The molecule has 0 amide bonds. The summed E-state index contributed by atoms with van der Waals surface area (Å²) in [6, 6.07) is 0. The molecule has 3 unspecified atom stereocenters. The summed E-state index contributed by atoms with van der Waals surface area (Å²) in [6.45, 7) is 4.99. The van der Waals surface area contributed by atoms with E-state index in [4.69, 9.17) is 9.47 Å². The summed E-state index contributed by atoms with van der Waals surface area (Å²) < 4.78 is 11.8. The fourth-order valence-electron chi connectivity index (χ4n) is 4.31. The lowest BCUT2D eigenvalue weighted by molar-refractivity contribution is -0.207. The zero-order chi connectivity index (χ0) is 12.8. The Balaban J connectivity index is 1.72. The van der Waals surface area contributed by atoms with Gasteiger partial charge in [-0.2, -0.15) is 0 Å². The highest BCUT2D eigenvalue weighted by atomic mass is 16.5. The summed E-state index contributed by atoms with van der Waals surface area (Å²) in [5.74, 6) is 0.403. The smallest absolute Gasteiger partial charge is 0.0726 e. The van der Waals surface area contributed by atoms with Crippen LogP contribution in [0.25, 0.3) is 0 Å². The Morgan fingerprint density at radius 1 is 1.06 bits per heavy atom. The van der Waals surface area contributed by atoms with Crippen molar-refractivity contribution in [1.29, 1.82) is 0 Å². The lowest BCUT2D eigenvalue weighted by Crippen LogP contribution is -2.55. The summed E-state index contributed by atoms with van der Waals surface area (Å²) in [5, 5.41) is 11.1. The van der Waals surface area contributed by atoms with Crippen LogP contribution in [-0.2, 0) is 9.47 Å².